The second kappa shape index (κ2) is 5.08. The van der Waals surface area contributed by atoms with Gasteiger partial charge in [-0.25, -0.2) is 0 Å². The lowest BCUT2D eigenvalue weighted by atomic mass is 10.2. The molecule has 0 radical (unpaired) electrons. The van der Waals surface area contributed by atoms with Crippen LogP contribution in [0.2, 0.25) is 5.02 Å². The maximum absolute atomic E-state index is 12.2. The highest BCUT2D eigenvalue weighted by Gasteiger charge is 2.30. The van der Waals surface area contributed by atoms with Crippen molar-refractivity contribution in [2.45, 2.75) is 19.1 Å². The van der Waals surface area contributed by atoms with Gasteiger partial charge >= 0.3 is 0 Å². The first-order valence-corrected chi connectivity index (χ1v) is 5.87. The van der Waals surface area contributed by atoms with Crippen LogP contribution in [-0.2, 0) is 4.74 Å². The molecule has 0 spiro atoms. The average molecular weight is 259 g/mol. The van der Waals surface area contributed by atoms with Gasteiger partial charge in [-0.05, 0) is 13.0 Å². The SMILES string of the molecule is CC1COC(CO)CN1C(=O)c1cc(Cl)c[nH]1. The predicted octanol–water partition coefficient (Wildman–Crippen LogP) is 0.890. The number of aliphatic hydroxyl groups excluding tert-OH is 1. The maximum atomic E-state index is 12.2. The fourth-order valence-electron chi connectivity index (χ4n) is 1.86. The van der Waals surface area contributed by atoms with Gasteiger partial charge in [0.05, 0.1) is 30.4 Å². The number of morpholine rings is 1. The third-order valence-electron chi connectivity index (χ3n) is 2.85. The third kappa shape index (κ3) is 2.62. The van der Waals surface area contributed by atoms with E-state index >= 15 is 0 Å². The minimum atomic E-state index is -0.305. The summed E-state index contributed by atoms with van der Waals surface area (Å²) in [7, 11) is 0. The van der Waals surface area contributed by atoms with Gasteiger partial charge in [0.2, 0.25) is 0 Å². The van der Waals surface area contributed by atoms with Crippen LogP contribution in [0.5, 0.6) is 0 Å². The fraction of sp³-hybridized carbons (Fsp3) is 0.545. The van der Waals surface area contributed by atoms with Crippen molar-refractivity contribution in [3.05, 3.63) is 23.0 Å². The summed E-state index contributed by atoms with van der Waals surface area (Å²) in [6.45, 7) is 2.66. The molecule has 1 aliphatic heterocycles. The Kier molecular flexibility index (Phi) is 3.71. The molecule has 1 fully saturated rings. The molecule has 0 aliphatic carbocycles. The van der Waals surface area contributed by atoms with Crippen LogP contribution in [0.25, 0.3) is 0 Å². The molecular weight excluding hydrogens is 244 g/mol. The van der Waals surface area contributed by atoms with Gasteiger partial charge in [0.15, 0.2) is 0 Å². The van der Waals surface area contributed by atoms with Gasteiger partial charge in [-0.2, -0.15) is 0 Å². The van der Waals surface area contributed by atoms with Crippen LogP contribution in [0, 0.1) is 0 Å². The molecule has 2 rings (SSSR count). The Balaban J connectivity index is 2.12. The minimum absolute atomic E-state index is 0.00706. The average Bonchev–Trinajstić information content (AvgIpc) is 2.76. The lowest BCUT2D eigenvalue weighted by Gasteiger charge is -2.37. The highest BCUT2D eigenvalue weighted by Crippen LogP contribution is 2.17. The van der Waals surface area contributed by atoms with Gasteiger partial charge in [0.1, 0.15) is 5.69 Å². The number of amides is 1. The highest BCUT2D eigenvalue weighted by atomic mass is 35.5. The molecule has 1 saturated heterocycles. The molecule has 2 heterocycles. The molecule has 94 valence electrons. The van der Waals surface area contributed by atoms with Gasteiger partial charge < -0.3 is 19.7 Å². The quantitative estimate of drug-likeness (QED) is 0.828. The lowest BCUT2D eigenvalue weighted by molar-refractivity contribution is -0.0668. The van der Waals surface area contributed by atoms with E-state index in [1.165, 1.54) is 0 Å². The van der Waals surface area contributed by atoms with Gasteiger partial charge in [-0.1, -0.05) is 11.6 Å². The predicted molar refractivity (Wildman–Crippen MR) is 63.1 cm³/mol. The second-order valence-electron chi connectivity index (χ2n) is 4.18. The molecule has 1 amide bonds. The zero-order valence-electron chi connectivity index (χ0n) is 9.52. The van der Waals surface area contributed by atoms with Crippen LogP contribution in [0.15, 0.2) is 12.3 Å². The van der Waals surface area contributed by atoms with Gasteiger partial charge in [-0.3, -0.25) is 4.79 Å². The molecule has 17 heavy (non-hydrogen) atoms. The summed E-state index contributed by atoms with van der Waals surface area (Å²) in [5.41, 5.74) is 0.459. The van der Waals surface area contributed by atoms with E-state index in [2.05, 4.69) is 4.98 Å². The molecule has 0 bridgehead atoms. The standard InChI is InChI=1S/C11H15ClN2O3/c1-7-6-17-9(5-15)4-14(7)11(16)10-2-8(12)3-13-10/h2-3,7,9,13,15H,4-6H2,1H3. The Hall–Kier alpha value is -1.04. The molecule has 2 unspecified atom stereocenters. The van der Waals surface area contributed by atoms with Crippen molar-refractivity contribution in [2.24, 2.45) is 0 Å². The lowest BCUT2D eigenvalue weighted by Crippen LogP contribution is -2.52. The number of H-pyrrole nitrogens is 1. The molecule has 5 nitrogen and oxygen atoms in total. The topological polar surface area (TPSA) is 65.6 Å². The number of hydrogen-bond donors (Lipinski definition) is 2. The molecule has 0 aromatic carbocycles. The van der Waals surface area contributed by atoms with Crippen molar-refractivity contribution in [3.63, 3.8) is 0 Å². The third-order valence-corrected chi connectivity index (χ3v) is 3.07. The number of carbonyl (C=O) groups excluding carboxylic acids is 1. The fourth-order valence-corrected chi connectivity index (χ4v) is 2.02. The van der Waals surface area contributed by atoms with Crippen LogP contribution in [0.4, 0.5) is 0 Å². The molecule has 6 heteroatoms. The Labute approximate surface area is 104 Å². The summed E-state index contributed by atoms with van der Waals surface area (Å²) in [6, 6.07) is 1.59. The van der Waals surface area contributed by atoms with Gasteiger partial charge in [-0.15, -0.1) is 0 Å². The molecule has 1 aromatic rings. The van der Waals surface area contributed by atoms with Gasteiger partial charge in [0, 0.05) is 12.7 Å². The number of rotatable bonds is 2. The van der Waals surface area contributed by atoms with E-state index in [0.29, 0.717) is 23.9 Å². The second-order valence-corrected chi connectivity index (χ2v) is 4.61. The number of aromatic amines is 1. The number of nitrogens with zero attached hydrogens (tertiary/aromatic N) is 1. The van der Waals surface area contributed by atoms with E-state index in [0.717, 1.165) is 0 Å². The van der Waals surface area contributed by atoms with Crippen LogP contribution in [-0.4, -0.2) is 52.8 Å². The zero-order chi connectivity index (χ0) is 12.4. The van der Waals surface area contributed by atoms with Crippen molar-refractivity contribution in [3.8, 4) is 0 Å². The molecule has 0 saturated carbocycles. The van der Waals surface area contributed by atoms with E-state index < -0.39 is 0 Å². The molecule has 1 aromatic heterocycles. The van der Waals surface area contributed by atoms with E-state index in [-0.39, 0.29) is 24.7 Å². The normalized spacial score (nSPS) is 25.0. The summed E-state index contributed by atoms with van der Waals surface area (Å²) in [5, 5.41) is 9.57. The Morgan fingerprint density at radius 2 is 2.53 bits per heavy atom. The van der Waals surface area contributed by atoms with E-state index in [1.54, 1.807) is 17.2 Å². The Morgan fingerprint density at radius 3 is 3.12 bits per heavy atom. The molecule has 1 aliphatic rings. The van der Waals surface area contributed by atoms with Crippen molar-refractivity contribution in [1.82, 2.24) is 9.88 Å². The number of aromatic nitrogens is 1. The van der Waals surface area contributed by atoms with E-state index in [9.17, 15) is 4.79 Å². The van der Waals surface area contributed by atoms with Crippen LogP contribution in [0.1, 0.15) is 17.4 Å². The van der Waals surface area contributed by atoms with Crippen LogP contribution in [0.3, 0.4) is 0 Å². The first kappa shape index (κ1) is 12.4. The first-order chi connectivity index (χ1) is 8.11. The van der Waals surface area contributed by atoms with Crippen LogP contribution >= 0.6 is 11.6 Å². The maximum Gasteiger partial charge on any atom is 0.270 e. The van der Waals surface area contributed by atoms with Crippen molar-refractivity contribution >= 4 is 17.5 Å². The number of carbonyl (C=O) groups is 1. The smallest absolute Gasteiger partial charge is 0.270 e. The summed E-state index contributed by atoms with van der Waals surface area (Å²) in [6.07, 6.45) is 1.27. The summed E-state index contributed by atoms with van der Waals surface area (Å²) in [5.74, 6) is -0.119. The number of ether oxygens (including phenoxy) is 1. The van der Waals surface area contributed by atoms with Crippen molar-refractivity contribution in [1.29, 1.82) is 0 Å². The number of nitrogens with one attached hydrogen (secondary N) is 1. The van der Waals surface area contributed by atoms with Crippen molar-refractivity contribution < 1.29 is 14.6 Å². The highest BCUT2D eigenvalue weighted by molar-refractivity contribution is 6.30. The summed E-state index contributed by atoms with van der Waals surface area (Å²) >= 11 is 5.77. The Morgan fingerprint density at radius 1 is 1.76 bits per heavy atom. The van der Waals surface area contributed by atoms with E-state index in [4.69, 9.17) is 21.4 Å². The molecule has 2 atom stereocenters. The minimum Gasteiger partial charge on any atom is -0.394 e. The van der Waals surface area contributed by atoms with Gasteiger partial charge in [0.25, 0.3) is 5.91 Å². The Bertz CT molecular complexity index is 407. The zero-order valence-corrected chi connectivity index (χ0v) is 10.3. The largest absolute Gasteiger partial charge is 0.394 e. The van der Waals surface area contributed by atoms with Crippen LogP contribution < -0.4 is 0 Å². The molecular formula is C11H15ClN2O3. The number of aliphatic hydroxyl groups is 1. The number of hydrogen-bond acceptors (Lipinski definition) is 3. The monoisotopic (exact) mass is 258 g/mol. The van der Waals surface area contributed by atoms with E-state index in [1.807, 2.05) is 6.92 Å². The first-order valence-electron chi connectivity index (χ1n) is 5.49. The van der Waals surface area contributed by atoms with Crippen molar-refractivity contribution in [2.75, 3.05) is 19.8 Å². The summed E-state index contributed by atoms with van der Waals surface area (Å²) < 4.78 is 5.38. The summed E-state index contributed by atoms with van der Waals surface area (Å²) in [4.78, 5) is 16.7. The molecule has 2 N–H and O–H groups in total. The number of halogens is 1.